The highest BCUT2D eigenvalue weighted by molar-refractivity contribution is 7.19. The number of aryl methyl sites for hydroxylation is 2. The summed E-state index contributed by atoms with van der Waals surface area (Å²) in [5.74, 6) is -0.484. The molecule has 1 aromatic carbocycles. The van der Waals surface area contributed by atoms with Crippen LogP contribution in [0.3, 0.4) is 0 Å². The number of amides is 3. The van der Waals surface area contributed by atoms with Crippen molar-refractivity contribution in [3.8, 4) is 10.4 Å². The summed E-state index contributed by atoms with van der Waals surface area (Å²) in [4.78, 5) is 36.1. The van der Waals surface area contributed by atoms with Gasteiger partial charge in [0.1, 0.15) is 5.54 Å². The molecule has 1 aliphatic rings. The van der Waals surface area contributed by atoms with Crippen LogP contribution in [0.4, 0.5) is 9.93 Å². The number of benzene rings is 1. The van der Waals surface area contributed by atoms with Crippen molar-refractivity contribution in [1.29, 1.82) is 0 Å². The molecule has 1 atom stereocenters. The summed E-state index contributed by atoms with van der Waals surface area (Å²) in [5, 5.41) is 3.35. The molecule has 0 radical (unpaired) electrons. The molecule has 3 N–H and O–H groups in total. The van der Waals surface area contributed by atoms with Crippen molar-refractivity contribution in [1.82, 2.24) is 19.4 Å². The fourth-order valence-corrected chi connectivity index (χ4v) is 4.82. The molecule has 0 saturated carbocycles. The third-order valence-electron chi connectivity index (χ3n) is 5.65. The minimum atomic E-state index is -0.956. The molecule has 1 aliphatic heterocycles. The molecule has 0 bridgehead atoms. The molecule has 9 heteroatoms. The van der Waals surface area contributed by atoms with Gasteiger partial charge in [0, 0.05) is 13.1 Å². The number of hydrogen-bond donors (Lipinski definition) is 2. The highest BCUT2D eigenvalue weighted by Gasteiger charge is 2.44. The van der Waals surface area contributed by atoms with Crippen LogP contribution in [0.5, 0.6) is 0 Å². The van der Waals surface area contributed by atoms with Gasteiger partial charge in [-0.1, -0.05) is 17.4 Å². The van der Waals surface area contributed by atoms with Gasteiger partial charge in [0.05, 0.1) is 27.9 Å². The van der Waals surface area contributed by atoms with E-state index >= 15 is 0 Å². The van der Waals surface area contributed by atoms with Gasteiger partial charge in [-0.05, 0) is 51.3 Å². The fraction of sp³-hybridized carbons (Fsp3) is 0.400. The number of likely N-dealkylation sites (tertiary alicyclic amines) is 1. The van der Waals surface area contributed by atoms with E-state index in [1.54, 1.807) is 6.92 Å². The average Bonchev–Trinajstić information content (AvgIpc) is 3.38. The van der Waals surface area contributed by atoms with Crippen LogP contribution in [0.2, 0.25) is 0 Å². The van der Waals surface area contributed by atoms with E-state index < -0.39 is 11.4 Å². The number of rotatable bonds is 4. The zero-order valence-electron chi connectivity index (χ0n) is 16.7. The second kappa shape index (κ2) is 7.14. The Bertz CT molecular complexity index is 1100. The number of nitrogens with two attached hydrogens (primary N) is 1. The van der Waals surface area contributed by atoms with Crippen molar-refractivity contribution < 1.29 is 9.59 Å². The maximum Gasteiger partial charge on any atom is 0.324 e. The Morgan fingerprint density at radius 2 is 2.17 bits per heavy atom. The van der Waals surface area contributed by atoms with Gasteiger partial charge in [-0.25, -0.2) is 14.8 Å². The Morgan fingerprint density at radius 3 is 2.90 bits per heavy atom. The van der Waals surface area contributed by atoms with Crippen LogP contribution in [0, 0.1) is 6.92 Å². The molecule has 0 unspecified atom stereocenters. The van der Waals surface area contributed by atoms with Crippen LogP contribution in [-0.4, -0.2) is 43.5 Å². The van der Waals surface area contributed by atoms with E-state index in [2.05, 4.69) is 32.8 Å². The molecule has 152 valence electrons. The smallest absolute Gasteiger partial charge is 0.324 e. The predicted molar refractivity (Wildman–Crippen MR) is 114 cm³/mol. The van der Waals surface area contributed by atoms with Gasteiger partial charge in [0.15, 0.2) is 5.13 Å². The van der Waals surface area contributed by atoms with Crippen molar-refractivity contribution >= 4 is 39.4 Å². The molecular weight excluding hydrogens is 388 g/mol. The fourth-order valence-electron chi connectivity index (χ4n) is 3.87. The first-order valence-corrected chi connectivity index (χ1v) is 10.5. The van der Waals surface area contributed by atoms with Crippen LogP contribution in [0.15, 0.2) is 24.5 Å². The normalized spacial score (nSPS) is 19.1. The minimum Gasteiger partial charge on any atom is -0.368 e. The number of nitrogens with zero attached hydrogens (tertiary/aromatic N) is 4. The number of carbonyl (C=O) groups excluding carboxylic acids is 2. The number of nitrogens with one attached hydrogen (secondary N) is 1. The predicted octanol–water partition coefficient (Wildman–Crippen LogP) is 3.36. The second-order valence-corrected chi connectivity index (χ2v) is 8.49. The van der Waals surface area contributed by atoms with E-state index in [1.165, 1.54) is 16.2 Å². The van der Waals surface area contributed by atoms with Gasteiger partial charge in [0.2, 0.25) is 5.91 Å². The van der Waals surface area contributed by atoms with Crippen molar-refractivity contribution in [3.63, 3.8) is 0 Å². The third-order valence-corrected chi connectivity index (χ3v) is 6.77. The zero-order chi connectivity index (χ0) is 20.8. The number of thiazole rings is 1. The summed E-state index contributed by atoms with van der Waals surface area (Å²) in [6.45, 7) is 7.06. The molecule has 1 saturated heterocycles. The number of fused-ring (bicyclic) bond motifs is 1. The van der Waals surface area contributed by atoms with Crippen LogP contribution in [-0.2, 0) is 11.3 Å². The van der Waals surface area contributed by atoms with Crippen molar-refractivity contribution in [2.75, 3.05) is 11.9 Å². The number of primary amides is 1. The minimum absolute atomic E-state index is 0.344. The lowest BCUT2D eigenvalue weighted by atomic mass is 9.98. The van der Waals surface area contributed by atoms with Gasteiger partial charge in [0.25, 0.3) is 0 Å². The number of anilines is 1. The summed E-state index contributed by atoms with van der Waals surface area (Å²) in [6.07, 6.45) is 3.16. The summed E-state index contributed by atoms with van der Waals surface area (Å²) in [5.41, 5.74) is 8.47. The first-order valence-electron chi connectivity index (χ1n) is 9.64. The maximum atomic E-state index is 12.8. The number of imidazole rings is 1. The number of hydrogen-bond acceptors (Lipinski definition) is 5. The monoisotopic (exact) mass is 412 g/mol. The molecule has 29 heavy (non-hydrogen) atoms. The zero-order valence-corrected chi connectivity index (χ0v) is 17.5. The molecule has 3 aromatic rings. The van der Waals surface area contributed by atoms with Gasteiger partial charge < -0.3 is 15.2 Å². The first-order chi connectivity index (χ1) is 13.8. The Labute approximate surface area is 172 Å². The lowest BCUT2D eigenvalue weighted by Gasteiger charge is -2.31. The van der Waals surface area contributed by atoms with Crippen molar-refractivity contribution in [2.45, 2.75) is 45.7 Å². The van der Waals surface area contributed by atoms with E-state index in [9.17, 15) is 9.59 Å². The Kier molecular flexibility index (Phi) is 4.77. The summed E-state index contributed by atoms with van der Waals surface area (Å²) < 4.78 is 2.09. The standard InChI is InChI=1S/C20H24N6O2S/c1-4-25-11-22-14-7-6-13(10-15(14)25)16-12(2)23-18(29-16)24-19(28)26-9-5-8-20(26,3)17(21)27/h6-7,10-11H,4-5,8-9H2,1-3H3,(H2,21,27)(H,23,24,28)/t20-/m0/s1. The van der Waals surface area contributed by atoms with Gasteiger partial charge in [-0.2, -0.15) is 0 Å². The average molecular weight is 413 g/mol. The molecule has 0 spiro atoms. The lowest BCUT2D eigenvalue weighted by Crippen LogP contribution is -2.55. The van der Waals surface area contributed by atoms with Gasteiger partial charge in [-0.3, -0.25) is 10.1 Å². The van der Waals surface area contributed by atoms with Crippen LogP contribution in [0.1, 0.15) is 32.4 Å². The lowest BCUT2D eigenvalue weighted by molar-refractivity contribution is -0.126. The SMILES string of the molecule is CCn1cnc2ccc(-c3sc(NC(=O)N4CCC[C@@]4(C)C(N)=O)nc3C)cc21. The molecule has 3 amide bonds. The number of urea groups is 1. The summed E-state index contributed by atoms with van der Waals surface area (Å²) in [6, 6.07) is 5.77. The molecule has 4 rings (SSSR count). The summed E-state index contributed by atoms with van der Waals surface area (Å²) in [7, 11) is 0. The largest absolute Gasteiger partial charge is 0.368 e. The van der Waals surface area contributed by atoms with E-state index in [0.717, 1.165) is 40.1 Å². The highest BCUT2D eigenvalue weighted by Crippen LogP contribution is 2.35. The Balaban J connectivity index is 1.60. The van der Waals surface area contributed by atoms with E-state index in [0.29, 0.717) is 18.1 Å². The molecule has 0 aliphatic carbocycles. The van der Waals surface area contributed by atoms with Crippen LogP contribution in [0.25, 0.3) is 21.5 Å². The van der Waals surface area contributed by atoms with E-state index in [-0.39, 0.29) is 6.03 Å². The molecule has 1 fully saturated rings. The van der Waals surface area contributed by atoms with Gasteiger partial charge >= 0.3 is 6.03 Å². The van der Waals surface area contributed by atoms with Crippen LogP contribution < -0.4 is 11.1 Å². The topological polar surface area (TPSA) is 106 Å². The quantitative estimate of drug-likeness (QED) is 0.685. The van der Waals surface area contributed by atoms with E-state index in [4.69, 9.17) is 5.73 Å². The number of aromatic nitrogens is 3. The molecule has 2 aromatic heterocycles. The van der Waals surface area contributed by atoms with Crippen molar-refractivity contribution in [2.24, 2.45) is 5.73 Å². The third kappa shape index (κ3) is 3.25. The Morgan fingerprint density at radius 1 is 1.38 bits per heavy atom. The molecular formula is C20H24N6O2S. The molecule has 8 nitrogen and oxygen atoms in total. The van der Waals surface area contributed by atoms with Crippen LogP contribution >= 0.6 is 11.3 Å². The van der Waals surface area contributed by atoms with Crippen molar-refractivity contribution in [3.05, 3.63) is 30.2 Å². The maximum absolute atomic E-state index is 12.8. The van der Waals surface area contributed by atoms with E-state index in [1.807, 2.05) is 25.4 Å². The first kappa shape index (κ1) is 19.4. The number of carbonyl (C=O) groups is 2. The Hall–Kier alpha value is -2.94. The summed E-state index contributed by atoms with van der Waals surface area (Å²) >= 11 is 1.42. The van der Waals surface area contributed by atoms with Gasteiger partial charge in [-0.15, -0.1) is 0 Å². The molecule has 3 heterocycles. The highest BCUT2D eigenvalue weighted by atomic mass is 32.1. The second-order valence-electron chi connectivity index (χ2n) is 7.49.